The fourth-order valence-corrected chi connectivity index (χ4v) is 2.82. The van der Waals surface area contributed by atoms with Gasteiger partial charge in [-0.3, -0.25) is 0 Å². The molecule has 13 heavy (non-hydrogen) atoms. The average molecular weight is 243 g/mol. The minimum absolute atomic E-state index is 0.154. The van der Waals surface area contributed by atoms with Crippen LogP contribution in [0.25, 0.3) is 0 Å². The van der Waals surface area contributed by atoms with Crippen molar-refractivity contribution in [3.63, 3.8) is 0 Å². The lowest BCUT2D eigenvalue weighted by Crippen LogP contribution is -2.20. The van der Waals surface area contributed by atoms with Gasteiger partial charge in [0.25, 0.3) is 6.64 Å². The molecule has 0 saturated carbocycles. The second-order valence-electron chi connectivity index (χ2n) is 2.36. The highest BCUT2D eigenvalue weighted by Crippen LogP contribution is 2.44. The Morgan fingerprint density at radius 3 is 2.85 bits per heavy atom. The molecule has 1 rings (SSSR count). The zero-order valence-electron chi connectivity index (χ0n) is 6.91. The van der Waals surface area contributed by atoms with Crippen molar-refractivity contribution in [2.75, 3.05) is 12.3 Å². The van der Waals surface area contributed by atoms with E-state index in [0.717, 1.165) is 10.4 Å². The molecule has 1 saturated heterocycles. The number of carbonyl (C=O) groups excluding carboxylic acids is 1. The van der Waals surface area contributed by atoms with Crippen LogP contribution in [0.1, 0.15) is 6.92 Å². The van der Waals surface area contributed by atoms with E-state index in [-0.39, 0.29) is 12.0 Å². The summed E-state index contributed by atoms with van der Waals surface area (Å²) in [4.78, 5) is 29.2. The highest BCUT2D eigenvalue weighted by molar-refractivity contribution is 8.08. The van der Waals surface area contributed by atoms with Gasteiger partial charge in [-0.15, -0.1) is 11.8 Å². The molecule has 1 heterocycles. The lowest BCUT2D eigenvalue weighted by atomic mass is 10.7. The van der Waals surface area contributed by atoms with Gasteiger partial charge in [-0.05, 0) is 17.6 Å². The number of hydrogen-bond donors (Lipinski definition) is 2. The Labute approximate surface area is 85.3 Å². The van der Waals surface area contributed by atoms with Gasteiger partial charge >= 0.3 is 6.09 Å². The number of amides is 1. The van der Waals surface area contributed by atoms with Crippen LogP contribution in [0.5, 0.6) is 0 Å². The summed E-state index contributed by atoms with van der Waals surface area (Å²) in [5.41, 5.74) is -0.334. The maximum Gasteiger partial charge on any atom is 0.418 e. The number of cyclic esters (lactones) is 1. The van der Waals surface area contributed by atoms with Gasteiger partial charge in [0.1, 0.15) is 0 Å². The third-order valence-electron chi connectivity index (χ3n) is 1.43. The van der Waals surface area contributed by atoms with E-state index in [1.807, 2.05) is 6.92 Å². The summed E-state index contributed by atoms with van der Waals surface area (Å²) < 4.78 is 5.65. The Bertz CT molecular complexity index is 255. The summed E-state index contributed by atoms with van der Waals surface area (Å²) in [6.45, 7) is -1.57. The first kappa shape index (κ1) is 11.3. The van der Waals surface area contributed by atoms with Crippen LogP contribution in [-0.4, -0.2) is 38.3 Å². The first-order valence-corrected chi connectivity index (χ1v) is 7.32. The van der Waals surface area contributed by atoms with Gasteiger partial charge in [-0.1, -0.05) is 6.92 Å². The number of thioether (sulfide) groups is 1. The maximum absolute atomic E-state index is 11.0. The molecular weight excluding hydrogens is 233 g/mol. The second kappa shape index (κ2) is 4.14. The molecular formula is C5H10NO4PS2. The van der Waals surface area contributed by atoms with Crippen molar-refractivity contribution in [2.45, 2.75) is 12.4 Å². The summed E-state index contributed by atoms with van der Waals surface area (Å²) >= 11 is 5.82. The summed E-state index contributed by atoms with van der Waals surface area (Å²) in [6, 6.07) is 0. The first-order chi connectivity index (χ1) is 5.95. The van der Waals surface area contributed by atoms with Crippen LogP contribution in [0.4, 0.5) is 4.79 Å². The molecule has 1 amide bonds. The van der Waals surface area contributed by atoms with Gasteiger partial charge < -0.3 is 14.5 Å². The van der Waals surface area contributed by atoms with Crippen molar-refractivity contribution in [3.05, 3.63) is 0 Å². The molecule has 0 aliphatic carbocycles. The zero-order chi connectivity index (χ0) is 10.1. The molecule has 1 aliphatic rings. The van der Waals surface area contributed by atoms with Crippen LogP contribution >= 0.6 is 18.4 Å². The quantitative estimate of drug-likeness (QED) is 0.712. The third-order valence-corrected chi connectivity index (χ3v) is 3.93. The van der Waals surface area contributed by atoms with E-state index in [2.05, 4.69) is 11.8 Å². The molecule has 1 fully saturated rings. The Morgan fingerprint density at radius 1 is 1.85 bits per heavy atom. The van der Waals surface area contributed by atoms with Crippen molar-refractivity contribution < 1.29 is 19.3 Å². The topological polar surface area (TPSA) is 70.0 Å². The largest absolute Gasteiger partial charge is 0.433 e. The van der Waals surface area contributed by atoms with E-state index < -0.39 is 12.7 Å². The van der Waals surface area contributed by atoms with Crippen molar-refractivity contribution in [2.24, 2.45) is 0 Å². The van der Waals surface area contributed by atoms with Crippen LogP contribution in [0.2, 0.25) is 0 Å². The first-order valence-electron chi connectivity index (χ1n) is 3.61. The average Bonchev–Trinajstić information content (AvgIpc) is 2.30. The Balaban J connectivity index is 2.62. The molecule has 1 unspecified atom stereocenters. The summed E-state index contributed by atoms with van der Waals surface area (Å²) in [5, 5.41) is 0. The summed E-state index contributed by atoms with van der Waals surface area (Å²) in [6.07, 6.45) is -0.737. The summed E-state index contributed by atoms with van der Waals surface area (Å²) in [7, 11) is 0. The molecule has 76 valence electrons. The van der Waals surface area contributed by atoms with E-state index in [0.29, 0.717) is 0 Å². The van der Waals surface area contributed by atoms with Crippen molar-refractivity contribution in [3.8, 4) is 0 Å². The molecule has 1 aliphatic heterocycles. The van der Waals surface area contributed by atoms with Gasteiger partial charge in [0.2, 0.25) is 0 Å². The fourth-order valence-electron chi connectivity index (χ4n) is 0.912. The van der Waals surface area contributed by atoms with Crippen molar-refractivity contribution in [1.82, 2.24) is 4.67 Å². The molecule has 2 N–H and O–H groups in total. The monoisotopic (exact) mass is 243 g/mol. The third kappa shape index (κ3) is 2.82. The molecule has 0 bridgehead atoms. The number of hydrogen-bond acceptors (Lipinski definition) is 4. The van der Waals surface area contributed by atoms with Gasteiger partial charge in [0.15, 0.2) is 5.44 Å². The van der Waals surface area contributed by atoms with E-state index in [9.17, 15) is 4.79 Å². The van der Waals surface area contributed by atoms with Crippen molar-refractivity contribution >= 4 is 36.3 Å². The Hall–Kier alpha value is 0.190. The van der Waals surface area contributed by atoms with Crippen LogP contribution in [0.3, 0.4) is 0 Å². The predicted molar refractivity (Wildman–Crippen MR) is 53.8 cm³/mol. The summed E-state index contributed by atoms with van der Waals surface area (Å²) in [5.74, 6) is 0.797. The van der Waals surface area contributed by atoms with Crippen LogP contribution in [0.15, 0.2) is 0 Å². The minimum atomic E-state index is -3.65. The van der Waals surface area contributed by atoms with E-state index in [4.69, 9.17) is 14.5 Å². The number of carbonyl (C=O) groups is 1. The predicted octanol–water partition coefficient (Wildman–Crippen LogP) is 0.727. The molecule has 0 aromatic heterocycles. The number of nitrogens with zero attached hydrogens (tertiary/aromatic N) is 1. The zero-order valence-corrected chi connectivity index (χ0v) is 9.44. The van der Waals surface area contributed by atoms with E-state index in [1.54, 1.807) is 0 Å². The lowest BCUT2D eigenvalue weighted by Gasteiger charge is -2.16. The molecule has 0 aromatic carbocycles. The normalized spacial score (nSPS) is 23.5. The van der Waals surface area contributed by atoms with Gasteiger partial charge in [-0.2, -0.15) is 0 Å². The van der Waals surface area contributed by atoms with Crippen LogP contribution in [-0.2, 0) is 16.5 Å². The van der Waals surface area contributed by atoms with Crippen LogP contribution in [0, 0.1) is 0 Å². The number of ether oxygens (including phenoxy) is 1. The van der Waals surface area contributed by atoms with Crippen molar-refractivity contribution in [1.29, 1.82) is 0 Å². The van der Waals surface area contributed by atoms with Crippen LogP contribution < -0.4 is 0 Å². The van der Waals surface area contributed by atoms with Gasteiger partial charge in [-0.25, -0.2) is 9.46 Å². The second-order valence-corrected chi connectivity index (χ2v) is 6.78. The molecule has 5 nitrogen and oxygen atoms in total. The fraction of sp³-hybridized carbons (Fsp3) is 0.800. The smallest absolute Gasteiger partial charge is 0.418 e. The molecule has 0 spiro atoms. The number of rotatable bonds is 3. The van der Waals surface area contributed by atoms with Gasteiger partial charge in [0, 0.05) is 0 Å². The maximum atomic E-state index is 11.0. The SMILES string of the molecule is CCSC1CN(P(O)(O)=S)C(=O)O1. The highest BCUT2D eigenvalue weighted by atomic mass is 32.5. The highest BCUT2D eigenvalue weighted by Gasteiger charge is 2.38. The van der Waals surface area contributed by atoms with E-state index in [1.165, 1.54) is 11.8 Å². The lowest BCUT2D eigenvalue weighted by molar-refractivity contribution is 0.161. The standard InChI is InChI=1S/C5H10NO4PS2/c1-2-13-4-3-6(5(7)10-4)11(8,9)12/h4H,2-3H2,1H3,(H2,8,9,12). The molecule has 8 heteroatoms. The Kier molecular flexibility index (Phi) is 3.59. The molecule has 0 radical (unpaired) electrons. The van der Waals surface area contributed by atoms with E-state index >= 15 is 0 Å². The minimum Gasteiger partial charge on any atom is -0.433 e. The Morgan fingerprint density at radius 2 is 2.46 bits per heavy atom. The molecule has 1 atom stereocenters. The van der Waals surface area contributed by atoms with Gasteiger partial charge in [0.05, 0.1) is 6.54 Å². The molecule has 0 aromatic rings.